The summed E-state index contributed by atoms with van der Waals surface area (Å²) in [6, 6.07) is 7.56. The minimum atomic E-state index is -1.12. The predicted octanol–water partition coefficient (Wildman–Crippen LogP) is 2.83. The zero-order valence-electron chi connectivity index (χ0n) is 9.28. The standard InChI is InChI=1S/C12H13BrN2OS/c13-9-1-2-10(15)11(7-9)17(16)8-12(3-4-12)5-6-14/h1-2,7H,3-5,8,15H2. The van der Waals surface area contributed by atoms with E-state index in [9.17, 15) is 4.21 Å². The zero-order chi connectivity index (χ0) is 12.5. The fraction of sp³-hybridized carbons (Fsp3) is 0.417. The third kappa shape index (κ3) is 2.88. The summed E-state index contributed by atoms with van der Waals surface area (Å²) in [4.78, 5) is 0.670. The maximum atomic E-state index is 12.2. The first kappa shape index (κ1) is 12.6. The van der Waals surface area contributed by atoms with Gasteiger partial charge in [-0.25, -0.2) is 0 Å². The van der Waals surface area contributed by atoms with Crippen LogP contribution in [-0.4, -0.2) is 9.96 Å². The molecule has 1 aliphatic carbocycles. The van der Waals surface area contributed by atoms with Gasteiger partial charge in [-0.15, -0.1) is 0 Å². The molecule has 3 nitrogen and oxygen atoms in total. The van der Waals surface area contributed by atoms with Crippen LogP contribution in [0.5, 0.6) is 0 Å². The van der Waals surface area contributed by atoms with Crippen LogP contribution < -0.4 is 5.73 Å². The van der Waals surface area contributed by atoms with Crippen LogP contribution in [0.2, 0.25) is 0 Å². The molecule has 2 rings (SSSR count). The number of benzene rings is 1. The summed E-state index contributed by atoms with van der Waals surface area (Å²) in [7, 11) is -1.12. The van der Waals surface area contributed by atoms with Gasteiger partial charge in [0.1, 0.15) is 0 Å². The van der Waals surface area contributed by atoms with Gasteiger partial charge in [-0.1, -0.05) is 15.9 Å². The molecule has 17 heavy (non-hydrogen) atoms. The van der Waals surface area contributed by atoms with Crippen LogP contribution in [0.25, 0.3) is 0 Å². The average molecular weight is 313 g/mol. The van der Waals surface area contributed by atoms with Crippen molar-refractivity contribution in [1.82, 2.24) is 0 Å². The Morgan fingerprint density at radius 2 is 2.24 bits per heavy atom. The quantitative estimate of drug-likeness (QED) is 0.869. The second-order valence-electron chi connectivity index (χ2n) is 4.51. The molecule has 5 heteroatoms. The Hall–Kier alpha value is -0.860. The van der Waals surface area contributed by atoms with Gasteiger partial charge in [0.2, 0.25) is 0 Å². The van der Waals surface area contributed by atoms with Gasteiger partial charge in [0.25, 0.3) is 0 Å². The van der Waals surface area contributed by atoms with Crippen molar-refractivity contribution in [3.63, 3.8) is 0 Å². The summed E-state index contributed by atoms with van der Waals surface area (Å²) in [5, 5.41) is 8.74. The van der Waals surface area contributed by atoms with Gasteiger partial charge in [0.15, 0.2) is 0 Å². The van der Waals surface area contributed by atoms with Crippen LogP contribution in [0.15, 0.2) is 27.6 Å². The molecule has 0 aromatic heterocycles. The van der Waals surface area contributed by atoms with E-state index in [0.717, 1.165) is 17.3 Å². The van der Waals surface area contributed by atoms with Gasteiger partial charge >= 0.3 is 0 Å². The first-order chi connectivity index (χ1) is 8.06. The fourth-order valence-corrected chi connectivity index (χ4v) is 3.98. The van der Waals surface area contributed by atoms with Crippen LogP contribution in [-0.2, 0) is 10.8 Å². The van der Waals surface area contributed by atoms with Crippen LogP contribution in [0.1, 0.15) is 19.3 Å². The first-order valence-corrected chi connectivity index (χ1v) is 7.48. The van der Waals surface area contributed by atoms with Crippen LogP contribution in [0.4, 0.5) is 5.69 Å². The second-order valence-corrected chi connectivity index (χ2v) is 6.84. The summed E-state index contributed by atoms with van der Waals surface area (Å²) in [5.41, 5.74) is 6.36. The summed E-state index contributed by atoms with van der Waals surface area (Å²) < 4.78 is 13.1. The maximum Gasteiger partial charge on any atom is 0.0628 e. The number of anilines is 1. The molecule has 0 bridgehead atoms. The number of hydrogen-bond acceptors (Lipinski definition) is 3. The lowest BCUT2D eigenvalue weighted by Gasteiger charge is -2.12. The van der Waals surface area contributed by atoms with Crippen molar-refractivity contribution in [2.24, 2.45) is 5.41 Å². The highest BCUT2D eigenvalue weighted by Gasteiger charge is 2.44. The highest BCUT2D eigenvalue weighted by atomic mass is 79.9. The normalized spacial score (nSPS) is 18.4. The molecule has 1 aliphatic rings. The Bertz CT molecular complexity index is 506. The highest BCUT2D eigenvalue weighted by Crippen LogP contribution is 2.49. The van der Waals surface area contributed by atoms with E-state index in [2.05, 4.69) is 22.0 Å². The van der Waals surface area contributed by atoms with E-state index in [-0.39, 0.29) is 5.41 Å². The lowest BCUT2D eigenvalue weighted by atomic mass is 10.1. The lowest BCUT2D eigenvalue weighted by molar-refractivity contribution is 0.587. The average Bonchev–Trinajstić information content (AvgIpc) is 3.02. The van der Waals surface area contributed by atoms with Crippen molar-refractivity contribution in [3.8, 4) is 6.07 Å². The molecule has 0 aliphatic heterocycles. The molecule has 0 amide bonds. The molecule has 90 valence electrons. The number of nitrogen functional groups attached to an aromatic ring is 1. The molecule has 1 fully saturated rings. The smallest absolute Gasteiger partial charge is 0.0628 e. The molecule has 1 aromatic rings. The van der Waals surface area contributed by atoms with E-state index >= 15 is 0 Å². The second kappa shape index (κ2) is 4.79. The number of nitrogens with two attached hydrogens (primary N) is 1. The lowest BCUT2D eigenvalue weighted by Crippen LogP contribution is -2.13. The molecule has 1 unspecified atom stereocenters. The molecular formula is C12H13BrN2OS. The van der Waals surface area contributed by atoms with E-state index in [1.165, 1.54) is 0 Å². The van der Waals surface area contributed by atoms with Gasteiger partial charge in [0, 0.05) is 22.3 Å². The summed E-state index contributed by atoms with van der Waals surface area (Å²) in [5.74, 6) is 0.543. The van der Waals surface area contributed by atoms with Crippen molar-refractivity contribution in [1.29, 1.82) is 5.26 Å². The Kier molecular flexibility index (Phi) is 3.55. The van der Waals surface area contributed by atoms with Gasteiger partial charge < -0.3 is 5.73 Å². The summed E-state index contributed by atoms with van der Waals surface area (Å²) in [6.45, 7) is 0. The Balaban J connectivity index is 2.15. The number of nitrogens with zero attached hydrogens (tertiary/aromatic N) is 1. The molecule has 2 N–H and O–H groups in total. The Labute approximate surface area is 112 Å². The van der Waals surface area contributed by atoms with E-state index in [0.29, 0.717) is 22.8 Å². The molecule has 1 atom stereocenters. The number of rotatable bonds is 4. The maximum absolute atomic E-state index is 12.2. The fourth-order valence-electron chi connectivity index (χ4n) is 1.78. The molecule has 0 heterocycles. The highest BCUT2D eigenvalue weighted by molar-refractivity contribution is 9.10. The van der Waals surface area contributed by atoms with Crippen molar-refractivity contribution >= 4 is 32.4 Å². The molecule has 0 spiro atoms. The Morgan fingerprint density at radius 3 is 2.82 bits per heavy atom. The molecule has 0 saturated heterocycles. The predicted molar refractivity (Wildman–Crippen MR) is 71.7 cm³/mol. The topological polar surface area (TPSA) is 66.9 Å². The molecular weight excluding hydrogens is 300 g/mol. The van der Waals surface area contributed by atoms with Crippen molar-refractivity contribution in [3.05, 3.63) is 22.7 Å². The van der Waals surface area contributed by atoms with Crippen LogP contribution >= 0.6 is 15.9 Å². The first-order valence-electron chi connectivity index (χ1n) is 5.37. The van der Waals surface area contributed by atoms with Crippen LogP contribution in [0.3, 0.4) is 0 Å². The summed E-state index contributed by atoms with van der Waals surface area (Å²) >= 11 is 3.35. The van der Waals surface area contributed by atoms with Gasteiger partial charge in [-0.05, 0) is 36.5 Å². The molecule has 1 aromatic carbocycles. The number of nitriles is 1. The number of hydrogen-bond donors (Lipinski definition) is 1. The molecule has 0 radical (unpaired) electrons. The minimum Gasteiger partial charge on any atom is -0.398 e. The van der Waals surface area contributed by atoms with Gasteiger partial charge in [-0.3, -0.25) is 4.21 Å². The zero-order valence-corrected chi connectivity index (χ0v) is 11.7. The van der Waals surface area contributed by atoms with Crippen molar-refractivity contribution < 1.29 is 4.21 Å². The van der Waals surface area contributed by atoms with Gasteiger partial charge in [0.05, 0.1) is 21.8 Å². The SMILES string of the molecule is N#CCC1(CS(=O)c2cc(Br)ccc2N)CC1. The van der Waals surface area contributed by atoms with E-state index in [1.807, 2.05) is 6.07 Å². The van der Waals surface area contributed by atoms with Gasteiger partial charge in [-0.2, -0.15) is 5.26 Å². The van der Waals surface area contributed by atoms with Crippen molar-refractivity contribution in [2.75, 3.05) is 11.5 Å². The van der Waals surface area contributed by atoms with E-state index in [4.69, 9.17) is 11.0 Å². The summed E-state index contributed by atoms with van der Waals surface area (Å²) in [6.07, 6.45) is 2.49. The number of halogens is 1. The third-order valence-corrected chi connectivity index (χ3v) is 5.28. The minimum absolute atomic E-state index is 0.0195. The molecule has 1 saturated carbocycles. The largest absolute Gasteiger partial charge is 0.398 e. The van der Waals surface area contributed by atoms with E-state index in [1.54, 1.807) is 12.1 Å². The third-order valence-electron chi connectivity index (χ3n) is 3.07. The monoisotopic (exact) mass is 312 g/mol. The van der Waals surface area contributed by atoms with E-state index < -0.39 is 10.8 Å². The van der Waals surface area contributed by atoms with Crippen LogP contribution in [0, 0.1) is 16.7 Å². The van der Waals surface area contributed by atoms with Crippen molar-refractivity contribution in [2.45, 2.75) is 24.2 Å². The Morgan fingerprint density at radius 1 is 1.53 bits per heavy atom.